The van der Waals surface area contributed by atoms with Crippen molar-refractivity contribution in [2.24, 2.45) is 0 Å². The van der Waals surface area contributed by atoms with Gasteiger partial charge < -0.3 is 14.0 Å². The minimum atomic E-state index is -0.636. The lowest BCUT2D eigenvalue weighted by Gasteiger charge is -2.08. The number of rotatable bonds is 8. The van der Waals surface area contributed by atoms with E-state index in [1.807, 2.05) is 24.5 Å². The van der Waals surface area contributed by atoms with E-state index < -0.39 is 5.97 Å². The van der Waals surface area contributed by atoms with E-state index in [1.54, 1.807) is 36.4 Å². The van der Waals surface area contributed by atoms with E-state index in [0.29, 0.717) is 23.4 Å². The fraction of sp³-hybridized carbons (Fsp3) is 0.250. The SMILES string of the molecule is C=CCn1c(C)cc(C(=O)COC(=O)COc2ccc(C#N)cc2)c1C. The summed E-state index contributed by atoms with van der Waals surface area (Å²) in [4.78, 5) is 24.1. The van der Waals surface area contributed by atoms with Crippen LogP contribution < -0.4 is 4.74 Å². The maximum atomic E-state index is 12.3. The topological polar surface area (TPSA) is 81.3 Å². The highest BCUT2D eigenvalue weighted by molar-refractivity contribution is 5.99. The number of ether oxygens (including phenoxy) is 2. The lowest BCUT2D eigenvalue weighted by molar-refractivity contribution is -0.144. The van der Waals surface area contributed by atoms with Crippen molar-refractivity contribution in [3.05, 3.63) is 65.5 Å². The predicted molar refractivity (Wildman–Crippen MR) is 96.0 cm³/mol. The summed E-state index contributed by atoms with van der Waals surface area (Å²) < 4.78 is 12.2. The van der Waals surface area contributed by atoms with Crippen LogP contribution in [0.4, 0.5) is 0 Å². The van der Waals surface area contributed by atoms with Gasteiger partial charge in [0.2, 0.25) is 5.78 Å². The van der Waals surface area contributed by atoms with Crippen LogP contribution in [0.3, 0.4) is 0 Å². The Kier molecular flexibility index (Phi) is 6.34. The van der Waals surface area contributed by atoms with E-state index in [0.717, 1.165) is 11.4 Å². The number of nitriles is 1. The second-order valence-electron chi connectivity index (χ2n) is 5.69. The number of Topliss-reactive ketones (excluding diaryl/α,β-unsaturated/α-hetero) is 1. The summed E-state index contributed by atoms with van der Waals surface area (Å²) in [6.07, 6.45) is 1.76. The Morgan fingerprint density at radius 1 is 1.23 bits per heavy atom. The van der Waals surface area contributed by atoms with Gasteiger partial charge in [0.1, 0.15) is 5.75 Å². The number of carbonyl (C=O) groups excluding carboxylic acids is 2. The zero-order valence-corrected chi connectivity index (χ0v) is 14.8. The minimum absolute atomic E-state index is 0.264. The summed E-state index contributed by atoms with van der Waals surface area (Å²) in [5.74, 6) is -0.456. The van der Waals surface area contributed by atoms with Crippen molar-refractivity contribution in [3.8, 4) is 11.8 Å². The van der Waals surface area contributed by atoms with E-state index in [9.17, 15) is 9.59 Å². The van der Waals surface area contributed by atoms with Crippen LogP contribution in [0.5, 0.6) is 5.75 Å². The highest BCUT2D eigenvalue weighted by Crippen LogP contribution is 2.16. The van der Waals surface area contributed by atoms with Crippen molar-refractivity contribution in [2.45, 2.75) is 20.4 Å². The van der Waals surface area contributed by atoms with Gasteiger partial charge >= 0.3 is 5.97 Å². The number of carbonyl (C=O) groups is 2. The van der Waals surface area contributed by atoms with Crippen molar-refractivity contribution in [3.63, 3.8) is 0 Å². The number of aryl methyl sites for hydroxylation is 1. The average Bonchev–Trinajstić information content (AvgIpc) is 2.93. The molecule has 6 nitrogen and oxygen atoms in total. The normalized spacial score (nSPS) is 10.0. The smallest absolute Gasteiger partial charge is 0.344 e. The molecule has 0 N–H and O–H groups in total. The Balaban J connectivity index is 1.86. The molecule has 0 aliphatic heterocycles. The lowest BCUT2D eigenvalue weighted by atomic mass is 10.1. The van der Waals surface area contributed by atoms with Gasteiger partial charge in [-0.05, 0) is 44.2 Å². The number of nitrogens with zero attached hydrogens (tertiary/aromatic N) is 2. The van der Waals surface area contributed by atoms with Crippen molar-refractivity contribution in [1.82, 2.24) is 4.57 Å². The molecule has 6 heteroatoms. The molecule has 2 aromatic rings. The Morgan fingerprint density at radius 3 is 2.54 bits per heavy atom. The number of aromatic nitrogens is 1. The molecule has 1 heterocycles. The molecule has 26 heavy (non-hydrogen) atoms. The molecule has 0 unspecified atom stereocenters. The molecule has 0 spiro atoms. The molecule has 0 bridgehead atoms. The molecule has 134 valence electrons. The van der Waals surface area contributed by atoms with Crippen molar-refractivity contribution in [1.29, 1.82) is 5.26 Å². The van der Waals surface area contributed by atoms with E-state index in [-0.39, 0.29) is 19.0 Å². The number of hydrogen-bond acceptors (Lipinski definition) is 5. The van der Waals surface area contributed by atoms with Crippen molar-refractivity contribution in [2.75, 3.05) is 13.2 Å². The minimum Gasteiger partial charge on any atom is -0.482 e. The first-order valence-corrected chi connectivity index (χ1v) is 8.05. The first-order valence-electron chi connectivity index (χ1n) is 8.05. The molecular weight excluding hydrogens is 332 g/mol. The lowest BCUT2D eigenvalue weighted by Crippen LogP contribution is -2.19. The fourth-order valence-electron chi connectivity index (χ4n) is 2.53. The van der Waals surface area contributed by atoms with Gasteiger partial charge in [-0.15, -0.1) is 6.58 Å². The zero-order chi connectivity index (χ0) is 19.1. The highest BCUT2D eigenvalue weighted by atomic mass is 16.6. The summed E-state index contributed by atoms with van der Waals surface area (Å²) in [7, 11) is 0. The van der Waals surface area contributed by atoms with E-state index in [4.69, 9.17) is 14.7 Å². The van der Waals surface area contributed by atoms with Crippen LogP contribution in [0.1, 0.15) is 27.3 Å². The summed E-state index contributed by atoms with van der Waals surface area (Å²) in [6, 6.07) is 10.1. The Labute approximate surface area is 152 Å². The highest BCUT2D eigenvalue weighted by Gasteiger charge is 2.17. The van der Waals surface area contributed by atoms with Gasteiger partial charge in [-0.1, -0.05) is 6.08 Å². The monoisotopic (exact) mass is 352 g/mol. The Bertz CT molecular complexity index is 857. The molecule has 0 fully saturated rings. The molecule has 0 aliphatic carbocycles. The fourth-order valence-corrected chi connectivity index (χ4v) is 2.53. The van der Waals surface area contributed by atoms with Gasteiger partial charge in [0.15, 0.2) is 13.2 Å². The third-order valence-electron chi connectivity index (χ3n) is 3.89. The van der Waals surface area contributed by atoms with Crippen molar-refractivity contribution < 1.29 is 19.1 Å². The summed E-state index contributed by atoms with van der Waals surface area (Å²) in [6.45, 7) is 7.42. The van der Waals surface area contributed by atoms with E-state index >= 15 is 0 Å². The molecule has 0 saturated heterocycles. The van der Waals surface area contributed by atoms with E-state index in [1.165, 1.54) is 0 Å². The van der Waals surface area contributed by atoms with Gasteiger partial charge in [-0.25, -0.2) is 4.79 Å². The number of benzene rings is 1. The number of ketones is 1. The summed E-state index contributed by atoms with van der Waals surface area (Å²) in [5.41, 5.74) is 2.79. The van der Waals surface area contributed by atoms with Crippen LogP contribution in [0, 0.1) is 25.2 Å². The second-order valence-corrected chi connectivity index (χ2v) is 5.69. The maximum Gasteiger partial charge on any atom is 0.344 e. The summed E-state index contributed by atoms with van der Waals surface area (Å²) >= 11 is 0. The number of hydrogen-bond donors (Lipinski definition) is 0. The van der Waals surface area contributed by atoms with E-state index in [2.05, 4.69) is 6.58 Å². The van der Waals surface area contributed by atoms with Crippen LogP contribution in [0.25, 0.3) is 0 Å². The molecule has 0 radical (unpaired) electrons. The third kappa shape index (κ3) is 4.61. The predicted octanol–water partition coefficient (Wildman–Crippen LogP) is 2.97. The van der Waals surface area contributed by atoms with Crippen LogP contribution >= 0.6 is 0 Å². The van der Waals surface area contributed by atoms with Gasteiger partial charge in [0.25, 0.3) is 0 Å². The largest absolute Gasteiger partial charge is 0.482 e. The zero-order valence-electron chi connectivity index (χ0n) is 14.8. The first-order chi connectivity index (χ1) is 12.5. The van der Waals surface area contributed by atoms with Gasteiger partial charge in [-0.2, -0.15) is 5.26 Å². The number of esters is 1. The van der Waals surface area contributed by atoms with Gasteiger partial charge in [0, 0.05) is 23.5 Å². The first kappa shape index (κ1) is 19.0. The van der Waals surface area contributed by atoms with Crippen LogP contribution in [-0.2, 0) is 16.1 Å². The Morgan fingerprint density at radius 2 is 1.92 bits per heavy atom. The standard InChI is InChI=1S/C20H20N2O4/c1-4-9-22-14(2)10-18(15(22)3)19(23)12-26-20(24)13-25-17-7-5-16(11-21)6-8-17/h4-8,10H,1,9,12-13H2,2-3H3. The molecule has 1 aromatic heterocycles. The number of allylic oxidation sites excluding steroid dienone is 1. The van der Waals surface area contributed by atoms with Crippen LogP contribution in [0.2, 0.25) is 0 Å². The molecule has 0 aliphatic rings. The van der Waals surface area contributed by atoms with Crippen molar-refractivity contribution >= 4 is 11.8 Å². The molecule has 2 rings (SSSR count). The second kappa shape index (κ2) is 8.67. The maximum absolute atomic E-state index is 12.3. The van der Waals surface area contributed by atoms with Gasteiger partial charge in [0.05, 0.1) is 11.6 Å². The molecular formula is C20H20N2O4. The molecule has 0 amide bonds. The van der Waals surface area contributed by atoms with Crippen LogP contribution in [-0.4, -0.2) is 29.5 Å². The quantitative estimate of drug-likeness (QED) is 0.414. The molecule has 0 saturated carbocycles. The van der Waals surface area contributed by atoms with Gasteiger partial charge in [-0.3, -0.25) is 4.79 Å². The molecule has 1 aromatic carbocycles. The third-order valence-corrected chi connectivity index (χ3v) is 3.89. The molecule has 0 atom stereocenters. The van der Waals surface area contributed by atoms with Crippen LogP contribution in [0.15, 0.2) is 43.0 Å². The summed E-state index contributed by atoms with van der Waals surface area (Å²) in [5, 5.41) is 8.73. The Hall–Kier alpha value is -3.33. The average molecular weight is 352 g/mol.